The number of hydrogen-bond donors (Lipinski definition) is 1. The van der Waals surface area contributed by atoms with Gasteiger partial charge in [-0.15, -0.1) is 24.8 Å². The van der Waals surface area contributed by atoms with Crippen molar-refractivity contribution in [3.8, 4) is 0 Å². The highest BCUT2D eigenvalue weighted by molar-refractivity contribution is 5.85. The van der Waals surface area contributed by atoms with Gasteiger partial charge in [0.1, 0.15) is 0 Å². The Morgan fingerprint density at radius 1 is 1.33 bits per heavy atom. The predicted molar refractivity (Wildman–Crippen MR) is 69.0 cm³/mol. The molecule has 90 valence electrons. The molecule has 0 amide bonds. The Hall–Kier alpha value is -0.250. The zero-order chi connectivity index (χ0) is 9.84. The van der Waals surface area contributed by atoms with Crippen molar-refractivity contribution in [2.24, 2.45) is 5.73 Å². The summed E-state index contributed by atoms with van der Waals surface area (Å²) in [4.78, 5) is 0. The van der Waals surface area contributed by atoms with Crippen LogP contribution >= 0.6 is 24.8 Å². The lowest BCUT2D eigenvalue weighted by Crippen LogP contribution is -2.07. The summed E-state index contributed by atoms with van der Waals surface area (Å²) in [6, 6.07) is 0.527. The summed E-state index contributed by atoms with van der Waals surface area (Å²) in [5.41, 5.74) is 7.82. The van der Waals surface area contributed by atoms with E-state index in [4.69, 9.17) is 5.73 Å². The summed E-state index contributed by atoms with van der Waals surface area (Å²) >= 11 is 0. The zero-order valence-corrected chi connectivity index (χ0v) is 11.2. The Labute approximate surface area is 104 Å². The fourth-order valence-electron chi connectivity index (χ4n) is 1.57. The second-order valence-electron chi connectivity index (χ2n) is 3.39. The number of nitrogens with two attached hydrogens (primary N) is 1. The predicted octanol–water partition coefficient (Wildman–Crippen LogP) is 2.85. The van der Waals surface area contributed by atoms with Crippen molar-refractivity contribution in [2.45, 2.75) is 46.2 Å². The molecule has 2 N–H and O–H groups in total. The standard InChI is InChI=1S/C10H19N3.2ClH/c1-4-10(5-2)13-7-9(6-11)8(3)12-13;;/h7,10H,4-6,11H2,1-3H3;2*1H. The van der Waals surface area contributed by atoms with Gasteiger partial charge in [-0.2, -0.15) is 5.10 Å². The molecule has 0 aromatic carbocycles. The van der Waals surface area contributed by atoms with Gasteiger partial charge in [0.25, 0.3) is 0 Å². The van der Waals surface area contributed by atoms with Crippen LogP contribution in [0.25, 0.3) is 0 Å². The van der Waals surface area contributed by atoms with Gasteiger partial charge in [-0.25, -0.2) is 0 Å². The molecule has 0 spiro atoms. The highest BCUT2D eigenvalue weighted by Crippen LogP contribution is 2.16. The summed E-state index contributed by atoms with van der Waals surface area (Å²) < 4.78 is 2.05. The van der Waals surface area contributed by atoms with E-state index in [0.29, 0.717) is 12.6 Å². The smallest absolute Gasteiger partial charge is 0.0638 e. The van der Waals surface area contributed by atoms with Crippen molar-refractivity contribution in [3.63, 3.8) is 0 Å². The van der Waals surface area contributed by atoms with E-state index < -0.39 is 0 Å². The van der Waals surface area contributed by atoms with Gasteiger partial charge in [-0.1, -0.05) is 13.8 Å². The zero-order valence-electron chi connectivity index (χ0n) is 9.56. The number of aromatic nitrogens is 2. The molecule has 0 radical (unpaired) electrons. The van der Waals surface area contributed by atoms with Crippen LogP contribution in [0.3, 0.4) is 0 Å². The summed E-state index contributed by atoms with van der Waals surface area (Å²) in [5, 5.41) is 4.46. The molecule has 0 fully saturated rings. The minimum atomic E-state index is 0. The monoisotopic (exact) mass is 253 g/mol. The number of nitrogens with zero attached hydrogens (tertiary/aromatic N) is 2. The first-order valence-corrected chi connectivity index (χ1v) is 4.97. The van der Waals surface area contributed by atoms with Crippen LogP contribution in [0.2, 0.25) is 0 Å². The highest BCUT2D eigenvalue weighted by Gasteiger charge is 2.09. The average Bonchev–Trinajstić information content (AvgIpc) is 2.49. The van der Waals surface area contributed by atoms with E-state index in [1.807, 2.05) is 6.92 Å². The molecular weight excluding hydrogens is 233 g/mol. The first-order valence-electron chi connectivity index (χ1n) is 4.97. The number of hydrogen-bond acceptors (Lipinski definition) is 2. The van der Waals surface area contributed by atoms with Crippen molar-refractivity contribution in [3.05, 3.63) is 17.5 Å². The molecule has 0 bridgehead atoms. The molecule has 1 heterocycles. The molecule has 3 nitrogen and oxygen atoms in total. The SMILES string of the molecule is CCC(CC)n1cc(CN)c(C)n1.Cl.Cl. The fourth-order valence-corrected chi connectivity index (χ4v) is 1.57. The van der Waals surface area contributed by atoms with Crippen LogP contribution in [0.4, 0.5) is 0 Å². The molecule has 0 aliphatic heterocycles. The largest absolute Gasteiger partial charge is 0.326 e. The van der Waals surface area contributed by atoms with Crippen LogP contribution < -0.4 is 5.73 Å². The first-order chi connectivity index (χ1) is 6.22. The summed E-state index contributed by atoms with van der Waals surface area (Å²) in [5.74, 6) is 0. The quantitative estimate of drug-likeness (QED) is 0.897. The van der Waals surface area contributed by atoms with Crippen molar-refractivity contribution >= 4 is 24.8 Å². The van der Waals surface area contributed by atoms with Gasteiger partial charge in [0, 0.05) is 18.3 Å². The number of halogens is 2. The molecule has 1 rings (SSSR count). The lowest BCUT2D eigenvalue weighted by molar-refractivity contribution is 0.426. The minimum Gasteiger partial charge on any atom is -0.326 e. The fraction of sp³-hybridized carbons (Fsp3) is 0.700. The lowest BCUT2D eigenvalue weighted by Gasteiger charge is -2.12. The van der Waals surface area contributed by atoms with Gasteiger partial charge >= 0.3 is 0 Å². The third-order valence-corrected chi connectivity index (χ3v) is 2.55. The van der Waals surface area contributed by atoms with E-state index in [-0.39, 0.29) is 24.8 Å². The molecular formula is C10H21Cl2N3. The Kier molecular flexibility index (Phi) is 9.11. The van der Waals surface area contributed by atoms with Crippen molar-refractivity contribution in [2.75, 3.05) is 0 Å². The number of aryl methyl sites for hydroxylation is 1. The molecule has 5 heteroatoms. The maximum absolute atomic E-state index is 5.59. The second kappa shape index (κ2) is 7.97. The Morgan fingerprint density at radius 3 is 2.20 bits per heavy atom. The highest BCUT2D eigenvalue weighted by atomic mass is 35.5. The molecule has 0 saturated carbocycles. The topological polar surface area (TPSA) is 43.8 Å². The van der Waals surface area contributed by atoms with E-state index in [0.717, 1.165) is 24.1 Å². The van der Waals surface area contributed by atoms with Gasteiger partial charge in [-0.3, -0.25) is 4.68 Å². The molecule has 1 aromatic rings. The Balaban J connectivity index is 0. The van der Waals surface area contributed by atoms with Crippen LogP contribution in [0.5, 0.6) is 0 Å². The van der Waals surface area contributed by atoms with Gasteiger partial charge in [0.05, 0.1) is 11.7 Å². The lowest BCUT2D eigenvalue weighted by atomic mass is 10.2. The normalized spacial score (nSPS) is 9.67. The molecule has 0 unspecified atom stereocenters. The summed E-state index contributed by atoms with van der Waals surface area (Å²) in [6.07, 6.45) is 4.33. The average molecular weight is 254 g/mol. The first kappa shape index (κ1) is 17.2. The van der Waals surface area contributed by atoms with Crippen LogP contribution in [-0.2, 0) is 6.54 Å². The van der Waals surface area contributed by atoms with Crippen molar-refractivity contribution in [1.29, 1.82) is 0 Å². The third kappa shape index (κ3) is 4.01. The Morgan fingerprint density at radius 2 is 1.87 bits per heavy atom. The van der Waals surface area contributed by atoms with Crippen molar-refractivity contribution in [1.82, 2.24) is 9.78 Å². The van der Waals surface area contributed by atoms with Crippen molar-refractivity contribution < 1.29 is 0 Å². The van der Waals surface area contributed by atoms with Gasteiger partial charge in [0.15, 0.2) is 0 Å². The molecule has 0 atom stereocenters. The molecule has 15 heavy (non-hydrogen) atoms. The maximum Gasteiger partial charge on any atom is 0.0638 e. The Bertz CT molecular complexity index is 270. The van der Waals surface area contributed by atoms with Crippen LogP contribution in [0, 0.1) is 6.92 Å². The van der Waals surface area contributed by atoms with E-state index in [2.05, 4.69) is 29.8 Å². The molecule has 0 saturated heterocycles. The number of rotatable bonds is 4. The summed E-state index contributed by atoms with van der Waals surface area (Å²) in [7, 11) is 0. The van der Waals surface area contributed by atoms with E-state index in [1.165, 1.54) is 0 Å². The second-order valence-corrected chi connectivity index (χ2v) is 3.39. The molecule has 1 aromatic heterocycles. The van der Waals surface area contributed by atoms with E-state index in [9.17, 15) is 0 Å². The van der Waals surface area contributed by atoms with Gasteiger partial charge in [0.2, 0.25) is 0 Å². The maximum atomic E-state index is 5.59. The van der Waals surface area contributed by atoms with Crippen LogP contribution in [0.1, 0.15) is 44.0 Å². The molecule has 0 aliphatic rings. The molecule has 0 aliphatic carbocycles. The third-order valence-electron chi connectivity index (χ3n) is 2.55. The van der Waals surface area contributed by atoms with Gasteiger partial charge in [-0.05, 0) is 19.8 Å². The van der Waals surface area contributed by atoms with Crippen LogP contribution in [-0.4, -0.2) is 9.78 Å². The van der Waals surface area contributed by atoms with E-state index in [1.54, 1.807) is 0 Å². The minimum absolute atomic E-state index is 0. The van der Waals surface area contributed by atoms with E-state index >= 15 is 0 Å². The van der Waals surface area contributed by atoms with Crippen LogP contribution in [0.15, 0.2) is 6.20 Å². The summed E-state index contributed by atoms with van der Waals surface area (Å²) in [6.45, 7) is 6.98. The van der Waals surface area contributed by atoms with Gasteiger partial charge < -0.3 is 5.73 Å².